The minimum absolute atomic E-state index is 0.244. The lowest BCUT2D eigenvalue weighted by molar-refractivity contribution is 0.0254. The van der Waals surface area contributed by atoms with Crippen LogP contribution in [0.1, 0.15) is 39.7 Å². The van der Waals surface area contributed by atoms with Gasteiger partial charge in [-0.1, -0.05) is 68.2 Å². The third-order valence-electron chi connectivity index (χ3n) is 3.64. The molecule has 0 fully saturated rings. The first-order valence-corrected chi connectivity index (χ1v) is 12.2. The normalized spacial score (nSPS) is 12.9. The van der Waals surface area contributed by atoms with Gasteiger partial charge in [0.1, 0.15) is 5.60 Å². The predicted molar refractivity (Wildman–Crippen MR) is 105 cm³/mol. The van der Waals surface area contributed by atoms with Gasteiger partial charge in [0.15, 0.2) is 0 Å². The lowest BCUT2D eigenvalue weighted by atomic mass is 10.2. The van der Waals surface area contributed by atoms with E-state index in [4.69, 9.17) is 4.74 Å². The first kappa shape index (κ1) is 20.5. The highest BCUT2D eigenvalue weighted by atomic mass is 28.3. The van der Waals surface area contributed by atoms with E-state index in [1.165, 1.54) is 5.20 Å². The van der Waals surface area contributed by atoms with Crippen LogP contribution in [-0.4, -0.2) is 31.2 Å². The molecule has 24 heavy (non-hydrogen) atoms. The third kappa shape index (κ3) is 7.34. The van der Waals surface area contributed by atoms with E-state index in [0.717, 1.165) is 12.0 Å². The monoisotopic (exact) mass is 347 g/mol. The van der Waals surface area contributed by atoms with Crippen molar-refractivity contribution in [2.45, 2.75) is 65.9 Å². The Bertz CT molecular complexity index is 553. The summed E-state index contributed by atoms with van der Waals surface area (Å²) in [6.45, 7) is 16.1. The number of hydrogen-bond acceptors (Lipinski definition) is 2. The molecule has 0 saturated carbocycles. The Balaban J connectivity index is 3.03. The Morgan fingerprint density at radius 3 is 2.21 bits per heavy atom. The van der Waals surface area contributed by atoms with E-state index in [0.29, 0.717) is 13.1 Å². The molecular formula is C20H33NO2Si. The number of nitrogens with zero attached hydrogens (tertiary/aromatic N) is 1. The maximum atomic E-state index is 12.7. The van der Waals surface area contributed by atoms with Crippen molar-refractivity contribution in [3.05, 3.63) is 47.2 Å². The van der Waals surface area contributed by atoms with Crippen LogP contribution in [0.4, 0.5) is 4.79 Å². The Labute approximate surface area is 148 Å². The van der Waals surface area contributed by atoms with E-state index in [1.807, 2.05) is 43.9 Å². The van der Waals surface area contributed by atoms with Crippen molar-refractivity contribution in [2.75, 3.05) is 6.54 Å². The zero-order valence-electron chi connectivity index (χ0n) is 16.3. The molecule has 0 saturated heterocycles. The molecule has 0 spiro atoms. The van der Waals surface area contributed by atoms with Gasteiger partial charge in [-0.2, -0.15) is 0 Å². The Kier molecular flexibility index (Phi) is 7.27. The van der Waals surface area contributed by atoms with Crippen molar-refractivity contribution < 1.29 is 9.53 Å². The molecule has 0 atom stereocenters. The summed E-state index contributed by atoms with van der Waals surface area (Å²) >= 11 is 0. The maximum Gasteiger partial charge on any atom is 0.410 e. The van der Waals surface area contributed by atoms with Gasteiger partial charge in [-0.15, -0.1) is 0 Å². The number of carbonyl (C=O) groups excluding carboxylic acids is 1. The molecule has 1 rings (SSSR count). The number of carbonyl (C=O) groups is 1. The fourth-order valence-electron chi connectivity index (χ4n) is 2.38. The molecular weight excluding hydrogens is 314 g/mol. The van der Waals surface area contributed by atoms with Gasteiger partial charge in [0.05, 0.1) is 8.07 Å². The minimum Gasteiger partial charge on any atom is -0.444 e. The van der Waals surface area contributed by atoms with Gasteiger partial charge in [0.2, 0.25) is 0 Å². The molecule has 4 heteroatoms. The minimum atomic E-state index is -1.48. The summed E-state index contributed by atoms with van der Waals surface area (Å²) in [5, 5.41) is 1.40. The number of hydrogen-bond donors (Lipinski definition) is 0. The van der Waals surface area contributed by atoms with Gasteiger partial charge in [0, 0.05) is 13.1 Å². The molecule has 3 nitrogen and oxygen atoms in total. The number of rotatable bonds is 6. The van der Waals surface area contributed by atoms with E-state index in [9.17, 15) is 4.79 Å². The average molecular weight is 348 g/mol. The molecule has 1 amide bonds. The van der Waals surface area contributed by atoms with Crippen molar-refractivity contribution in [3.63, 3.8) is 0 Å². The first-order valence-electron chi connectivity index (χ1n) is 8.74. The number of amides is 1. The smallest absolute Gasteiger partial charge is 0.410 e. The number of allylic oxidation sites excluding steroid dienone is 1. The standard InChI is InChI=1S/C20H33NO2Si/c1-8-12-18(24(5,6)7)16-21(19(22)23-20(2,3)4)15-17-13-10-9-11-14-17/h9-14H,8,15-16H2,1-7H3/b18-12-. The fourth-order valence-corrected chi connectivity index (χ4v) is 3.86. The lowest BCUT2D eigenvalue weighted by Gasteiger charge is -2.31. The Hall–Kier alpha value is -1.55. The molecule has 0 aliphatic carbocycles. The predicted octanol–water partition coefficient (Wildman–Crippen LogP) is 5.64. The van der Waals surface area contributed by atoms with Gasteiger partial charge in [0.25, 0.3) is 0 Å². The van der Waals surface area contributed by atoms with Crippen molar-refractivity contribution in [3.8, 4) is 0 Å². The van der Waals surface area contributed by atoms with Crippen LogP contribution in [-0.2, 0) is 11.3 Å². The van der Waals surface area contributed by atoms with Crippen LogP contribution in [0.25, 0.3) is 0 Å². The maximum absolute atomic E-state index is 12.7. The summed E-state index contributed by atoms with van der Waals surface area (Å²) in [6, 6.07) is 10.1. The van der Waals surface area contributed by atoms with Crippen molar-refractivity contribution >= 4 is 14.2 Å². The van der Waals surface area contributed by atoms with Crippen LogP contribution in [0.2, 0.25) is 19.6 Å². The van der Waals surface area contributed by atoms with Crippen LogP contribution in [0, 0.1) is 0 Å². The van der Waals surface area contributed by atoms with E-state index < -0.39 is 13.7 Å². The molecule has 0 radical (unpaired) electrons. The quantitative estimate of drug-likeness (QED) is 0.623. The second-order valence-electron chi connectivity index (χ2n) is 8.21. The Morgan fingerprint density at radius 1 is 1.17 bits per heavy atom. The summed E-state index contributed by atoms with van der Waals surface area (Å²) in [5.74, 6) is 0. The number of ether oxygens (including phenoxy) is 1. The van der Waals surface area contributed by atoms with E-state index in [2.05, 4.69) is 44.8 Å². The molecule has 0 bridgehead atoms. The lowest BCUT2D eigenvalue weighted by Crippen LogP contribution is -2.41. The summed E-state index contributed by atoms with van der Waals surface area (Å²) < 4.78 is 5.64. The van der Waals surface area contributed by atoms with Gasteiger partial charge < -0.3 is 9.64 Å². The van der Waals surface area contributed by atoms with E-state index in [-0.39, 0.29) is 6.09 Å². The number of benzene rings is 1. The molecule has 0 N–H and O–H groups in total. The van der Waals surface area contributed by atoms with Crippen LogP contribution in [0.15, 0.2) is 41.6 Å². The summed E-state index contributed by atoms with van der Waals surface area (Å²) in [7, 11) is -1.48. The molecule has 0 unspecified atom stereocenters. The van der Waals surface area contributed by atoms with Crippen LogP contribution in [0.5, 0.6) is 0 Å². The molecule has 1 aromatic rings. The fraction of sp³-hybridized carbons (Fsp3) is 0.550. The summed E-state index contributed by atoms with van der Waals surface area (Å²) in [4.78, 5) is 14.6. The second-order valence-corrected chi connectivity index (χ2v) is 13.4. The highest BCUT2D eigenvalue weighted by Crippen LogP contribution is 2.20. The highest BCUT2D eigenvalue weighted by Gasteiger charge is 2.27. The average Bonchev–Trinajstić information content (AvgIpc) is 2.44. The van der Waals surface area contributed by atoms with Gasteiger partial charge in [-0.3, -0.25) is 0 Å². The van der Waals surface area contributed by atoms with Crippen LogP contribution in [0.3, 0.4) is 0 Å². The SMILES string of the molecule is CC/C=C(/CN(Cc1ccccc1)C(=O)OC(C)(C)C)[Si](C)(C)C. The van der Waals surface area contributed by atoms with Gasteiger partial charge in [-0.05, 0) is 32.8 Å². The first-order chi connectivity index (χ1) is 11.0. The molecule has 0 aliphatic rings. The van der Waals surface area contributed by atoms with Crippen LogP contribution < -0.4 is 0 Å². The van der Waals surface area contributed by atoms with Gasteiger partial charge in [-0.25, -0.2) is 4.79 Å². The zero-order valence-corrected chi connectivity index (χ0v) is 17.3. The summed E-state index contributed by atoms with van der Waals surface area (Å²) in [5.41, 5.74) is 0.634. The molecule has 0 heterocycles. The van der Waals surface area contributed by atoms with Gasteiger partial charge >= 0.3 is 6.09 Å². The Morgan fingerprint density at radius 2 is 1.75 bits per heavy atom. The van der Waals surface area contributed by atoms with Crippen LogP contribution >= 0.6 is 0 Å². The van der Waals surface area contributed by atoms with E-state index >= 15 is 0 Å². The molecule has 0 aromatic heterocycles. The zero-order chi connectivity index (χ0) is 18.4. The summed E-state index contributed by atoms with van der Waals surface area (Å²) in [6.07, 6.45) is 3.04. The third-order valence-corrected chi connectivity index (χ3v) is 5.93. The second kappa shape index (κ2) is 8.52. The van der Waals surface area contributed by atoms with Crippen molar-refractivity contribution in [2.24, 2.45) is 0 Å². The van der Waals surface area contributed by atoms with E-state index in [1.54, 1.807) is 0 Å². The van der Waals surface area contributed by atoms with Crippen molar-refractivity contribution in [1.29, 1.82) is 0 Å². The topological polar surface area (TPSA) is 29.5 Å². The highest BCUT2D eigenvalue weighted by molar-refractivity contribution is 6.83. The largest absolute Gasteiger partial charge is 0.444 e. The molecule has 1 aromatic carbocycles. The van der Waals surface area contributed by atoms with Crippen molar-refractivity contribution in [1.82, 2.24) is 4.90 Å². The molecule has 134 valence electrons. The molecule has 0 aliphatic heterocycles.